The number of benzene rings is 2. The predicted molar refractivity (Wildman–Crippen MR) is 108 cm³/mol. The molecular weight excluding hydrogens is 320 g/mol. The van der Waals surface area contributed by atoms with Gasteiger partial charge in [-0.1, -0.05) is 67.6 Å². The number of hydrogen-bond donors (Lipinski definition) is 1. The fourth-order valence-electron chi connectivity index (χ4n) is 3.55. The second-order valence-corrected chi connectivity index (χ2v) is 6.98. The van der Waals surface area contributed by atoms with Crippen molar-refractivity contribution < 1.29 is 4.79 Å². The van der Waals surface area contributed by atoms with Gasteiger partial charge in [0.05, 0.1) is 6.04 Å². The van der Waals surface area contributed by atoms with Crippen LogP contribution in [0.15, 0.2) is 60.7 Å². The zero-order valence-corrected chi connectivity index (χ0v) is 15.7. The van der Waals surface area contributed by atoms with E-state index in [1.165, 1.54) is 22.3 Å². The van der Waals surface area contributed by atoms with Crippen LogP contribution in [0, 0.1) is 0 Å². The van der Waals surface area contributed by atoms with Crippen LogP contribution in [0.25, 0.3) is 5.57 Å². The summed E-state index contributed by atoms with van der Waals surface area (Å²) in [5, 5.41) is 3.01. The monoisotopic (exact) mass is 348 g/mol. The smallest absolute Gasteiger partial charge is 0.217 e. The lowest BCUT2D eigenvalue weighted by Crippen LogP contribution is -2.28. The van der Waals surface area contributed by atoms with Crippen LogP contribution in [0.3, 0.4) is 0 Å². The molecule has 0 saturated carbocycles. The fraction of sp³-hybridized carbons (Fsp3) is 0.348. The van der Waals surface area contributed by atoms with Gasteiger partial charge in [-0.05, 0) is 35.1 Å². The first-order valence-corrected chi connectivity index (χ1v) is 9.48. The Balaban J connectivity index is 1.62. The van der Waals surface area contributed by atoms with Crippen LogP contribution < -0.4 is 5.32 Å². The third-order valence-corrected chi connectivity index (χ3v) is 5.01. The largest absolute Gasteiger partial charge is 0.350 e. The van der Waals surface area contributed by atoms with Gasteiger partial charge < -0.3 is 5.32 Å². The standard InChI is InChI=1S/C23H28N2O/c1-3-23(24-18(2)26)22-11-9-20(10-12-22)21-13-15-25(16-14-21)17-19-7-5-4-6-8-19/h4-13,23H,3,14-17H2,1-2H3,(H,24,26). The number of nitrogens with zero attached hydrogens (tertiary/aromatic N) is 1. The average Bonchev–Trinajstić information content (AvgIpc) is 2.68. The van der Waals surface area contributed by atoms with Crippen molar-refractivity contribution in [3.63, 3.8) is 0 Å². The van der Waals surface area contributed by atoms with Gasteiger partial charge in [0.1, 0.15) is 0 Å². The Morgan fingerprint density at radius 3 is 2.42 bits per heavy atom. The first-order valence-electron chi connectivity index (χ1n) is 9.48. The number of nitrogens with one attached hydrogen (secondary N) is 1. The molecule has 2 aromatic rings. The van der Waals surface area contributed by atoms with Crippen molar-refractivity contribution in [2.24, 2.45) is 0 Å². The molecule has 1 aliphatic rings. The van der Waals surface area contributed by atoms with Crippen LogP contribution >= 0.6 is 0 Å². The van der Waals surface area contributed by atoms with Gasteiger partial charge in [0.25, 0.3) is 0 Å². The summed E-state index contributed by atoms with van der Waals surface area (Å²) >= 11 is 0. The molecule has 1 aliphatic heterocycles. The van der Waals surface area contributed by atoms with Crippen LogP contribution in [0.5, 0.6) is 0 Å². The molecule has 0 aromatic heterocycles. The van der Waals surface area contributed by atoms with Crippen molar-refractivity contribution in [2.75, 3.05) is 13.1 Å². The first-order chi connectivity index (χ1) is 12.7. The summed E-state index contributed by atoms with van der Waals surface area (Å²) in [4.78, 5) is 13.8. The minimum Gasteiger partial charge on any atom is -0.350 e. The Hall–Kier alpha value is -2.39. The number of carbonyl (C=O) groups excluding carboxylic acids is 1. The highest BCUT2D eigenvalue weighted by Crippen LogP contribution is 2.25. The van der Waals surface area contributed by atoms with E-state index in [9.17, 15) is 4.79 Å². The van der Waals surface area contributed by atoms with Crippen molar-refractivity contribution in [3.8, 4) is 0 Å². The van der Waals surface area contributed by atoms with Crippen LogP contribution in [0.2, 0.25) is 0 Å². The van der Waals surface area contributed by atoms with E-state index in [-0.39, 0.29) is 11.9 Å². The number of amides is 1. The highest BCUT2D eigenvalue weighted by atomic mass is 16.1. The van der Waals surface area contributed by atoms with E-state index in [0.717, 1.165) is 32.5 Å². The van der Waals surface area contributed by atoms with Gasteiger partial charge in [0, 0.05) is 26.6 Å². The number of rotatable bonds is 6. The minimum atomic E-state index is 0.0226. The molecule has 3 rings (SSSR count). The lowest BCUT2D eigenvalue weighted by Gasteiger charge is -2.26. The number of carbonyl (C=O) groups is 1. The van der Waals surface area contributed by atoms with E-state index < -0.39 is 0 Å². The molecule has 1 unspecified atom stereocenters. The molecule has 136 valence electrons. The van der Waals surface area contributed by atoms with Crippen LogP contribution in [0.4, 0.5) is 0 Å². The molecule has 0 spiro atoms. The van der Waals surface area contributed by atoms with Crippen LogP contribution in [-0.2, 0) is 11.3 Å². The summed E-state index contributed by atoms with van der Waals surface area (Å²) in [6, 6.07) is 19.4. The molecule has 1 amide bonds. The maximum Gasteiger partial charge on any atom is 0.217 e. The van der Waals surface area contributed by atoms with Gasteiger partial charge >= 0.3 is 0 Å². The summed E-state index contributed by atoms with van der Waals surface area (Å²) in [5.41, 5.74) is 5.27. The van der Waals surface area contributed by atoms with Crippen molar-refractivity contribution in [2.45, 2.75) is 39.3 Å². The average molecular weight is 348 g/mol. The Kier molecular flexibility index (Phi) is 6.24. The van der Waals surface area contributed by atoms with E-state index in [1.54, 1.807) is 6.92 Å². The number of hydrogen-bond acceptors (Lipinski definition) is 2. The van der Waals surface area contributed by atoms with E-state index in [4.69, 9.17) is 0 Å². The topological polar surface area (TPSA) is 32.3 Å². The molecule has 0 radical (unpaired) electrons. The Morgan fingerprint density at radius 2 is 1.85 bits per heavy atom. The third-order valence-electron chi connectivity index (χ3n) is 5.01. The normalized spacial score (nSPS) is 16.0. The molecule has 1 atom stereocenters. The molecule has 0 saturated heterocycles. The second-order valence-electron chi connectivity index (χ2n) is 6.98. The maximum absolute atomic E-state index is 11.3. The zero-order chi connectivity index (χ0) is 18.4. The lowest BCUT2D eigenvalue weighted by molar-refractivity contribution is -0.119. The molecule has 3 heteroatoms. The fourth-order valence-corrected chi connectivity index (χ4v) is 3.55. The summed E-state index contributed by atoms with van der Waals surface area (Å²) in [7, 11) is 0. The molecule has 1 heterocycles. The highest BCUT2D eigenvalue weighted by Gasteiger charge is 2.14. The third kappa shape index (κ3) is 4.83. The van der Waals surface area contributed by atoms with Gasteiger partial charge in [-0.2, -0.15) is 0 Å². The molecule has 3 nitrogen and oxygen atoms in total. The maximum atomic E-state index is 11.3. The molecule has 2 aromatic carbocycles. The van der Waals surface area contributed by atoms with E-state index in [2.05, 4.69) is 77.8 Å². The van der Waals surface area contributed by atoms with Crippen molar-refractivity contribution >= 4 is 11.5 Å². The summed E-state index contributed by atoms with van der Waals surface area (Å²) < 4.78 is 0. The van der Waals surface area contributed by atoms with Crippen molar-refractivity contribution in [1.29, 1.82) is 0 Å². The molecule has 0 fully saturated rings. The Morgan fingerprint density at radius 1 is 1.12 bits per heavy atom. The molecule has 26 heavy (non-hydrogen) atoms. The summed E-state index contributed by atoms with van der Waals surface area (Å²) in [5.74, 6) is 0.0226. The van der Waals surface area contributed by atoms with Gasteiger partial charge in [0.15, 0.2) is 0 Å². The molecule has 0 aliphatic carbocycles. The summed E-state index contributed by atoms with van der Waals surface area (Å²) in [6.07, 6.45) is 4.33. The van der Waals surface area contributed by atoms with Crippen molar-refractivity contribution in [3.05, 3.63) is 77.4 Å². The van der Waals surface area contributed by atoms with E-state index >= 15 is 0 Å². The quantitative estimate of drug-likeness (QED) is 0.830. The second kappa shape index (κ2) is 8.81. The molecular formula is C23H28N2O. The molecule has 0 bridgehead atoms. The van der Waals surface area contributed by atoms with Crippen molar-refractivity contribution in [1.82, 2.24) is 10.2 Å². The van der Waals surface area contributed by atoms with Gasteiger partial charge in [0.2, 0.25) is 5.91 Å². The molecule has 1 N–H and O–H groups in total. The minimum absolute atomic E-state index is 0.0226. The first kappa shape index (κ1) is 18.4. The predicted octanol–water partition coefficient (Wildman–Crippen LogP) is 4.56. The Bertz CT molecular complexity index is 750. The van der Waals surface area contributed by atoms with Crippen LogP contribution in [0.1, 0.15) is 49.4 Å². The van der Waals surface area contributed by atoms with Gasteiger partial charge in [-0.25, -0.2) is 0 Å². The lowest BCUT2D eigenvalue weighted by atomic mass is 9.96. The van der Waals surface area contributed by atoms with Gasteiger partial charge in [-0.15, -0.1) is 0 Å². The Labute approximate surface area is 156 Å². The SMILES string of the molecule is CCC(NC(C)=O)c1ccc(C2=CCN(Cc3ccccc3)CC2)cc1. The van der Waals surface area contributed by atoms with Crippen LogP contribution in [-0.4, -0.2) is 23.9 Å². The van der Waals surface area contributed by atoms with E-state index in [1.807, 2.05) is 0 Å². The van der Waals surface area contributed by atoms with Gasteiger partial charge in [-0.3, -0.25) is 9.69 Å². The zero-order valence-electron chi connectivity index (χ0n) is 15.7. The van der Waals surface area contributed by atoms with E-state index in [0.29, 0.717) is 0 Å². The summed E-state index contributed by atoms with van der Waals surface area (Å²) in [6.45, 7) is 6.77. The highest BCUT2D eigenvalue weighted by molar-refractivity contribution is 5.73.